The number of hydrogen-bond donors (Lipinski definition) is 0. The Bertz CT molecular complexity index is 1720. The molecule has 7 nitrogen and oxygen atoms in total. The summed E-state index contributed by atoms with van der Waals surface area (Å²) in [6, 6.07) is 26.7. The van der Waals surface area contributed by atoms with Gasteiger partial charge in [-0.25, -0.2) is 0 Å². The molecule has 0 atom stereocenters. The van der Waals surface area contributed by atoms with Gasteiger partial charge in [-0.05, 0) is 84.6 Å². The highest BCUT2D eigenvalue weighted by atomic mass is 35.5. The van der Waals surface area contributed by atoms with Crippen LogP contribution in [0.25, 0.3) is 33.6 Å². The van der Waals surface area contributed by atoms with E-state index < -0.39 is 0 Å². The van der Waals surface area contributed by atoms with Crippen LogP contribution in [0.4, 0.5) is 0 Å². The molecule has 0 amide bonds. The van der Waals surface area contributed by atoms with Gasteiger partial charge in [0, 0.05) is 21.2 Å². The molecule has 0 spiro atoms. The number of rotatable bonds is 6. The number of ketones is 1. The van der Waals surface area contributed by atoms with Crippen LogP contribution in [0, 0.1) is 13.8 Å². The molecule has 2 aromatic heterocycles. The van der Waals surface area contributed by atoms with Gasteiger partial charge in [0.05, 0.1) is 11.4 Å². The number of carbonyl (C=O) groups is 1. The van der Waals surface area contributed by atoms with E-state index in [-0.39, 0.29) is 5.78 Å². The smallest absolute Gasteiger partial charge is 0.197 e. The number of halogens is 2. The molecular formula is C31H22Cl2N6O. The van der Waals surface area contributed by atoms with Crippen molar-refractivity contribution >= 4 is 29.0 Å². The Morgan fingerprint density at radius 1 is 0.575 bits per heavy atom. The molecule has 2 heterocycles. The third kappa shape index (κ3) is 4.81. The number of aryl methyl sites for hydroxylation is 2. The number of carbonyl (C=O) groups excluding carboxylic acids is 1. The lowest BCUT2D eigenvalue weighted by Gasteiger charge is -2.16. The molecule has 0 N–H and O–H groups in total. The molecule has 0 aliphatic rings. The average Bonchev–Trinajstić information content (AvgIpc) is 3.60. The average molecular weight is 565 g/mol. The van der Waals surface area contributed by atoms with Crippen molar-refractivity contribution in [3.63, 3.8) is 0 Å². The lowest BCUT2D eigenvalue weighted by molar-refractivity contribution is 0.103. The van der Waals surface area contributed by atoms with E-state index in [1.165, 1.54) is 0 Å². The molecule has 0 saturated heterocycles. The molecule has 4 aromatic carbocycles. The van der Waals surface area contributed by atoms with E-state index >= 15 is 0 Å². The van der Waals surface area contributed by atoms with Crippen LogP contribution in [0.15, 0.2) is 97.6 Å². The second-order valence-corrected chi connectivity index (χ2v) is 10.2. The monoisotopic (exact) mass is 564 g/mol. The second kappa shape index (κ2) is 10.5. The highest BCUT2D eigenvalue weighted by Crippen LogP contribution is 2.32. The zero-order valence-corrected chi connectivity index (χ0v) is 23.1. The SMILES string of the molecule is Cc1nncn1-c1cc(-c2ccc(Cl)cc2)ccc1C(=O)c1ccc(-c2ccc(Cl)cc2)cc1-n1cnnc1C. The molecule has 0 aliphatic carbocycles. The molecule has 0 aliphatic heterocycles. The Labute approximate surface area is 240 Å². The maximum atomic E-state index is 14.3. The van der Waals surface area contributed by atoms with Crippen molar-refractivity contribution in [3.8, 4) is 33.6 Å². The summed E-state index contributed by atoms with van der Waals surface area (Å²) in [7, 11) is 0. The van der Waals surface area contributed by atoms with Crippen LogP contribution in [0.5, 0.6) is 0 Å². The standard InChI is InChI=1S/C31H22Cl2N6O/c1-19-36-34-17-38(19)29-15-23(21-3-9-25(32)10-4-21)7-13-27(29)31(40)28-14-8-24(22-5-11-26(33)12-6-22)16-30(28)39-18-35-37-20(39)2/h3-18H,1-2H3. The van der Waals surface area contributed by atoms with Crippen LogP contribution in [0.3, 0.4) is 0 Å². The zero-order chi connectivity index (χ0) is 27.8. The first kappa shape index (κ1) is 25.7. The predicted octanol–water partition coefficient (Wildman–Crippen LogP) is 7.34. The van der Waals surface area contributed by atoms with Crippen LogP contribution in [-0.2, 0) is 0 Å². The molecule has 6 rings (SSSR count). The number of nitrogens with zero attached hydrogens (tertiary/aromatic N) is 6. The normalized spacial score (nSPS) is 11.1. The number of hydrogen-bond acceptors (Lipinski definition) is 5. The molecular weight excluding hydrogens is 543 g/mol. The van der Waals surface area contributed by atoms with Crippen molar-refractivity contribution in [2.75, 3.05) is 0 Å². The summed E-state index contributed by atoms with van der Waals surface area (Å²) in [5, 5.41) is 17.7. The Morgan fingerprint density at radius 3 is 1.30 bits per heavy atom. The van der Waals surface area contributed by atoms with Gasteiger partial charge in [-0.1, -0.05) is 59.6 Å². The summed E-state index contributed by atoms with van der Waals surface area (Å²) in [4.78, 5) is 14.3. The first-order valence-corrected chi connectivity index (χ1v) is 13.2. The van der Waals surface area contributed by atoms with Crippen molar-refractivity contribution < 1.29 is 4.79 Å². The van der Waals surface area contributed by atoms with Gasteiger partial charge < -0.3 is 0 Å². The largest absolute Gasteiger partial charge is 0.288 e. The van der Waals surface area contributed by atoms with Crippen molar-refractivity contribution in [2.45, 2.75) is 13.8 Å². The predicted molar refractivity (Wildman–Crippen MR) is 157 cm³/mol. The van der Waals surface area contributed by atoms with Gasteiger partial charge in [-0.2, -0.15) is 0 Å². The van der Waals surface area contributed by atoms with Crippen molar-refractivity contribution in [1.29, 1.82) is 0 Å². The Morgan fingerprint density at radius 2 is 0.950 bits per heavy atom. The van der Waals surface area contributed by atoms with Crippen LogP contribution in [-0.4, -0.2) is 35.3 Å². The van der Waals surface area contributed by atoms with Crippen LogP contribution >= 0.6 is 23.2 Å². The number of aromatic nitrogens is 6. The summed E-state index contributed by atoms with van der Waals surface area (Å²) in [6.45, 7) is 3.70. The fourth-order valence-corrected chi connectivity index (χ4v) is 4.95. The molecule has 0 radical (unpaired) electrons. The van der Waals surface area contributed by atoms with E-state index in [0.717, 1.165) is 22.3 Å². The van der Waals surface area contributed by atoms with Gasteiger partial charge in [0.1, 0.15) is 24.3 Å². The lowest BCUT2D eigenvalue weighted by atomic mass is 9.94. The van der Waals surface area contributed by atoms with Crippen LogP contribution in [0.2, 0.25) is 10.0 Å². The van der Waals surface area contributed by atoms with Gasteiger partial charge in [-0.15, -0.1) is 20.4 Å². The van der Waals surface area contributed by atoms with E-state index in [1.54, 1.807) is 12.7 Å². The van der Waals surface area contributed by atoms with Crippen LogP contribution in [0.1, 0.15) is 27.6 Å². The molecule has 0 fully saturated rings. The van der Waals surface area contributed by atoms with E-state index in [4.69, 9.17) is 23.2 Å². The van der Waals surface area contributed by atoms with Gasteiger partial charge >= 0.3 is 0 Å². The Hall–Kier alpha value is -4.59. The first-order valence-electron chi connectivity index (χ1n) is 12.5. The van der Waals surface area contributed by atoms with Crippen molar-refractivity contribution in [2.24, 2.45) is 0 Å². The minimum Gasteiger partial charge on any atom is -0.288 e. The zero-order valence-electron chi connectivity index (χ0n) is 21.6. The summed E-state index contributed by atoms with van der Waals surface area (Å²) >= 11 is 12.2. The maximum Gasteiger partial charge on any atom is 0.197 e. The highest BCUT2D eigenvalue weighted by molar-refractivity contribution is 6.31. The van der Waals surface area contributed by atoms with Gasteiger partial charge in [0.15, 0.2) is 5.78 Å². The van der Waals surface area contributed by atoms with E-state index in [2.05, 4.69) is 20.4 Å². The molecule has 6 aromatic rings. The molecule has 9 heteroatoms. The van der Waals surface area contributed by atoms with Gasteiger partial charge in [0.2, 0.25) is 0 Å². The maximum absolute atomic E-state index is 14.3. The van der Waals surface area contributed by atoms with Crippen molar-refractivity contribution in [3.05, 3.63) is 130 Å². The summed E-state index contributed by atoms with van der Waals surface area (Å²) in [5.41, 5.74) is 6.18. The van der Waals surface area contributed by atoms with Crippen molar-refractivity contribution in [1.82, 2.24) is 29.5 Å². The van der Waals surface area contributed by atoms with Gasteiger partial charge in [-0.3, -0.25) is 13.9 Å². The van der Waals surface area contributed by atoms with E-state index in [0.29, 0.717) is 44.2 Å². The molecule has 40 heavy (non-hydrogen) atoms. The molecule has 0 bridgehead atoms. The fraction of sp³-hybridized carbons (Fsp3) is 0.0645. The topological polar surface area (TPSA) is 78.5 Å². The molecule has 0 unspecified atom stereocenters. The molecule has 196 valence electrons. The first-order chi connectivity index (χ1) is 19.4. The lowest BCUT2D eigenvalue weighted by Crippen LogP contribution is -2.12. The fourth-order valence-electron chi connectivity index (χ4n) is 4.69. The summed E-state index contributed by atoms with van der Waals surface area (Å²) in [5.74, 6) is 1.17. The Kier molecular flexibility index (Phi) is 6.76. The molecule has 0 saturated carbocycles. The van der Waals surface area contributed by atoms with Gasteiger partial charge in [0.25, 0.3) is 0 Å². The Balaban J connectivity index is 1.52. The van der Waals surface area contributed by atoms with E-state index in [9.17, 15) is 4.79 Å². The second-order valence-electron chi connectivity index (χ2n) is 9.30. The number of benzene rings is 4. The minimum absolute atomic E-state index is 0.156. The highest BCUT2D eigenvalue weighted by Gasteiger charge is 2.22. The quantitative estimate of drug-likeness (QED) is 0.198. The summed E-state index contributed by atoms with van der Waals surface area (Å²) < 4.78 is 3.64. The third-order valence-corrected chi connectivity index (χ3v) is 7.30. The minimum atomic E-state index is -0.156. The van der Waals surface area contributed by atoms with E-state index in [1.807, 2.05) is 108 Å². The third-order valence-electron chi connectivity index (χ3n) is 6.80. The van der Waals surface area contributed by atoms with Crippen LogP contribution < -0.4 is 0 Å². The summed E-state index contributed by atoms with van der Waals surface area (Å²) in [6.07, 6.45) is 3.23.